The summed E-state index contributed by atoms with van der Waals surface area (Å²) in [4.78, 5) is 27.3. The first kappa shape index (κ1) is 47.9. The molecule has 1 amide bonds. The summed E-state index contributed by atoms with van der Waals surface area (Å²) >= 11 is 7.11. The number of sulfonamides is 1. The van der Waals surface area contributed by atoms with Crippen molar-refractivity contribution in [3.63, 3.8) is 0 Å². The third-order valence-electron chi connectivity index (χ3n) is 10.6. The lowest BCUT2D eigenvalue weighted by atomic mass is 9.97. The maximum absolute atomic E-state index is 14.2. The molecule has 0 fully saturated rings. The Hall–Kier alpha value is -5.56. The highest BCUT2D eigenvalue weighted by Gasteiger charge is 2.36. The van der Waals surface area contributed by atoms with Gasteiger partial charge in [0.1, 0.15) is 22.9 Å². The smallest absolute Gasteiger partial charge is 0.424 e. The quantitative estimate of drug-likeness (QED) is 0.0430. The number of hydrogen-bond acceptors (Lipinski definition) is 11. The first-order chi connectivity index (χ1) is 30.4. The van der Waals surface area contributed by atoms with Gasteiger partial charge in [-0.1, -0.05) is 48.9 Å². The molecule has 0 aliphatic carbocycles. The summed E-state index contributed by atoms with van der Waals surface area (Å²) in [6, 6.07) is 18.5. The number of carbonyl (C=O) groups is 2. The Balaban J connectivity index is 1.42. The van der Waals surface area contributed by atoms with E-state index < -0.39 is 56.6 Å². The summed E-state index contributed by atoms with van der Waals surface area (Å²) in [6.07, 6.45) is 0.381. The summed E-state index contributed by atoms with van der Waals surface area (Å²) in [7, 11) is -2.97. The van der Waals surface area contributed by atoms with Crippen LogP contribution >= 0.6 is 11.6 Å². The van der Waals surface area contributed by atoms with Gasteiger partial charge in [-0.2, -0.15) is 10.3 Å². The number of quaternary nitrogens is 1. The summed E-state index contributed by atoms with van der Waals surface area (Å²) in [5.74, 6) is -0.392. The van der Waals surface area contributed by atoms with Gasteiger partial charge in [0.2, 0.25) is 0 Å². The van der Waals surface area contributed by atoms with E-state index in [1.807, 2.05) is 19.1 Å². The molecule has 15 nitrogen and oxygen atoms in total. The number of aliphatic hydroxyl groups excluding tert-OH is 1. The van der Waals surface area contributed by atoms with Crippen molar-refractivity contribution in [1.82, 2.24) is 18.7 Å². The van der Waals surface area contributed by atoms with Crippen molar-refractivity contribution >= 4 is 61.0 Å². The lowest BCUT2D eigenvalue weighted by molar-refractivity contribution is -0.992. The van der Waals surface area contributed by atoms with Gasteiger partial charge in [0.25, 0.3) is 10.0 Å². The van der Waals surface area contributed by atoms with E-state index in [9.17, 15) is 37.9 Å². The van der Waals surface area contributed by atoms with E-state index >= 15 is 0 Å². The van der Waals surface area contributed by atoms with E-state index in [0.29, 0.717) is 73.0 Å². The summed E-state index contributed by atoms with van der Waals surface area (Å²) in [5, 5.41) is 38.1. The van der Waals surface area contributed by atoms with Crippen LogP contribution in [0, 0.1) is 11.0 Å². The summed E-state index contributed by atoms with van der Waals surface area (Å²) in [6.45, 7) is 8.02. The largest absolute Gasteiger partial charge is 0.595 e. The van der Waals surface area contributed by atoms with Gasteiger partial charge in [0, 0.05) is 53.8 Å². The molecule has 18 heteroatoms. The fraction of sp³-hybridized carbons (Fsp3) is 0.370. The number of aryl methyl sites for hydroxylation is 3. The minimum atomic E-state index is -4.74. The molecule has 1 unspecified atom stereocenters. The van der Waals surface area contributed by atoms with Gasteiger partial charge in [-0.15, -0.1) is 0 Å². The molecule has 0 saturated heterocycles. The molecule has 3 N–H and O–H groups in total. The Kier molecular flexibility index (Phi) is 15.0. The average molecular weight is 922 g/mol. The second kappa shape index (κ2) is 20.1. The number of nitrogens with one attached hydrogen (secondary N) is 1. The molecule has 6 aromatic rings. The molecule has 0 bridgehead atoms. The van der Waals surface area contributed by atoms with E-state index in [2.05, 4.69) is 5.10 Å². The zero-order valence-corrected chi connectivity index (χ0v) is 38.2. The number of halogens is 2. The zero-order valence-electron chi connectivity index (χ0n) is 36.6. The number of fused-ring (bicyclic) bond motifs is 2. The van der Waals surface area contributed by atoms with Crippen molar-refractivity contribution in [2.24, 2.45) is 7.05 Å². The lowest BCUT2D eigenvalue weighted by Crippen LogP contribution is -2.99. The predicted molar refractivity (Wildman–Crippen MR) is 240 cm³/mol. The van der Waals surface area contributed by atoms with Crippen molar-refractivity contribution in [1.29, 1.82) is 0 Å². The van der Waals surface area contributed by atoms with Crippen molar-refractivity contribution in [2.75, 3.05) is 19.8 Å². The van der Waals surface area contributed by atoms with Crippen LogP contribution in [0.5, 0.6) is 5.75 Å². The van der Waals surface area contributed by atoms with Crippen LogP contribution in [0.2, 0.25) is 5.02 Å². The van der Waals surface area contributed by atoms with E-state index in [1.54, 1.807) is 68.3 Å². The number of benzene rings is 4. The molecule has 2 aromatic heterocycles. The van der Waals surface area contributed by atoms with Gasteiger partial charge in [0.15, 0.2) is 10.6 Å². The summed E-state index contributed by atoms with van der Waals surface area (Å²) < 4.78 is 63.7. The van der Waals surface area contributed by atoms with E-state index in [4.69, 9.17) is 25.8 Å². The fourth-order valence-electron chi connectivity index (χ4n) is 7.98. The van der Waals surface area contributed by atoms with Crippen LogP contribution in [-0.2, 0) is 52.5 Å². The van der Waals surface area contributed by atoms with Gasteiger partial charge < -0.3 is 29.1 Å². The average Bonchev–Trinajstić information content (AvgIpc) is 3.73. The molecule has 0 spiro atoms. The van der Waals surface area contributed by atoms with Crippen LogP contribution in [0.3, 0.4) is 0 Å². The maximum atomic E-state index is 14.2. The highest BCUT2D eigenvalue weighted by Crippen LogP contribution is 2.43. The predicted octanol–water partition coefficient (Wildman–Crippen LogP) is 8.04. The number of amides is 1. The lowest BCUT2D eigenvalue weighted by Gasteiger charge is -2.28. The number of esters is 1. The Bertz CT molecular complexity index is 2780. The minimum Gasteiger partial charge on any atom is -0.595 e. The molecular weight excluding hydrogens is 869 g/mol. The van der Waals surface area contributed by atoms with Gasteiger partial charge in [-0.05, 0) is 107 Å². The van der Waals surface area contributed by atoms with Crippen LogP contribution in [0.15, 0.2) is 77.7 Å². The summed E-state index contributed by atoms with van der Waals surface area (Å²) in [5.41, 5.74) is 2.16. The standard InChI is InChI=1S/C46H53ClFN5O10S/c1-7-36-41(35(28-54)49-50(36)6)40-34(47)23-22-33-32(16-14-26-62-38-18-13-15-29-27-30(48)20-21-31(29)38)43(44(55)61-8-2)51(42(33)40)24-11-12-25-52(45(56)63-46(3,4)5)64(59,60)39-19-10-9-17-37(39)53(57)58/h9-10,13,15,17-23,27,53-54,57H,7-8,11-12,14,16,24-26,28H2,1-6H3. The monoisotopic (exact) mass is 921 g/mol. The van der Waals surface area contributed by atoms with Crippen molar-refractivity contribution < 1.29 is 52.1 Å². The number of rotatable bonds is 18. The van der Waals surface area contributed by atoms with Gasteiger partial charge in [-0.25, -0.2) is 31.9 Å². The molecule has 1 atom stereocenters. The SMILES string of the molecule is CCOC(=O)c1c(CCCOc2cccc3cc(F)ccc23)c2ccc(Cl)c(-c3c(CO)nn(C)c3CC)c2n1CCCCN(C(=O)OC(C)(C)C)S(=O)(=O)c1ccccc1[NH+]([O-])O. The van der Waals surface area contributed by atoms with Crippen molar-refractivity contribution in [2.45, 2.75) is 90.4 Å². The van der Waals surface area contributed by atoms with Crippen LogP contribution in [0.25, 0.3) is 32.8 Å². The second-order valence-corrected chi connectivity index (χ2v) is 18.3. The number of carbonyl (C=O) groups excluding carboxylic acids is 2. The van der Waals surface area contributed by atoms with Crippen molar-refractivity contribution in [3.05, 3.63) is 111 Å². The third kappa shape index (κ3) is 10.0. The number of aromatic nitrogens is 3. The maximum Gasteiger partial charge on any atom is 0.424 e. The van der Waals surface area contributed by atoms with Gasteiger partial charge >= 0.3 is 12.1 Å². The fourth-order valence-corrected chi connectivity index (χ4v) is 9.75. The molecule has 342 valence electrons. The van der Waals surface area contributed by atoms with Crippen LogP contribution in [-0.4, -0.2) is 74.8 Å². The van der Waals surface area contributed by atoms with E-state index in [1.165, 1.54) is 24.3 Å². The van der Waals surface area contributed by atoms with Gasteiger partial charge in [0.05, 0.1) is 36.1 Å². The number of aliphatic hydroxyl groups is 1. The van der Waals surface area contributed by atoms with Crippen LogP contribution in [0.1, 0.15) is 81.3 Å². The number of hydrogen-bond donors (Lipinski definition) is 3. The molecule has 0 saturated carbocycles. The van der Waals surface area contributed by atoms with Crippen LogP contribution in [0.4, 0.5) is 14.9 Å². The first-order valence-electron chi connectivity index (χ1n) is 21.0. The molecular formula is C46H53ClFN5O10S. The Morgan fingerprint density at radius 2 is 1.72 bits per heavy atom. The normalized spacial score (nSPS) is 12.5. The highest BCUT2D eigenvalue weighted by molar-refractivity contribution is 7.89. The minimum absolute atomic E-state index is 0.0542. The molecule has 0 aliphatic rings. The second-order valence-electron chi connectivity index (χ2n) is 16.1. The molecule has 64 heavy (non-hydrogen) atoms. The molecule has 4 aromatic carbocycles. The molecule has 6 rings (SSSR count). The Morgan fingerprint density at radius 1 is 0.984 bits per heavy atom. The molecule has 0 radical (unpaired) electrons. The molecule has 0 aliphatic heterocycles. The number of para-hydroxylation sites is 1. The molecule has 2 heterocycles. The third-order valence-corrected chi connectivity index (χ3v) is 12.8. The van der Waals surface area contributed by atoms with Gasteiger partial charge in [-0.3, -0.25) is 4.68 Å². The Labute approximate surface area is 376 Å². The zero-order chi connectivity index (χ0) is 46.5. The highest BCUT2D eigenvalue weighted by atomic mass is 35.5. The first-order valence-corrected chi connectivity index (χ1v) is 22.8. The number of ether oxygens (including phenoxy) is 3. The topological polar surface area (TPSA) is 190 Å². The van der Waals surface area contributed by atoms with E-state index in [0.717, 1.165) is 23.2 Å². The van der Waals surface area contributed by atoms with Crippen LogP contribution < -0.4 is 9.96 Å². The number of nitrogens with zero attached hydrogens (tertiary/aromatic N) is 4. The van der Waals surface area contributed by atoms with E-state index in [-0.39, 0.29) is 44.1 Å². The van der Waals surface area contributed by atoms with Crippen molar-refractivity contribution in [3.8, 4) is 16.9 Å². The Morgan fingerprint density at radius 3 is 2.41 bits per heavy atom. The number of unbranched alkanes of at least 4 members (excludes halogenated alkanes) is 1.